The van der Waals surface area contributed by atoms with Gasteiger partial charge in [0.05, 0.1) is 5.60 Å². The molecule has 0 aromatic heterocycles. The molecule has 0 bridgehead atoms. The Labute approximate surface area is 88.4 Å². The van der Waals surface area contributed by atoms with Crippen LogP contribution in [-0.4, -0.2) is 25.3 Å². The van der Waals surface area contributed by atoms with E-state index in [-0.39, 0.29) is 5.60 Å². The fraction of sp³-hybridized carbons (Fsp3) is 1.00. The molecule has 0 aromatic rings. The van der Waals surface area contributed by atoms with Gasteiger partial charge in [0.1, 0.15) is 0 Å². The first-order chi connectivity index (χ1) is 6.58. The quantitative estimate of drug-likeness (QED) is 0.710. The van der Waals surface area contributed by atoms with Gasteiger partial charge in [0.2, 0.25) is 0 Å². The molecule has 0 saturated heterocycles. The molecule has 1 aliphatic carbocycles. The van der Waals surface area contributed by atoms with Gasteiger partial charge in [-0.2, -0.15) is 0 Å². The van der Waals surface area contributed by atoms with E-state index in [4.69, 9.17) is 4.74 Å². The van der Waals surface area contributed by atoms with E-state index in [1.807, 2.05) is 7.11 Å². The molecule has 1 aliphatic rings. The molecule has 1 atom stereocenters. The Morgan fingerprint density at radius 3 is 2.29 bits per heavy atom. The molecule has 0 amide bonds. The number of hydrogen-bond donors (Lipinski definition) is 1. The van der Waals surface area contributed by atoms with Gasteiger partial charge in [-0.1, -0.05) is 13.8 Å². The predicted molar refractivity (Wildman–Crippen MR) is 60.5 cm³/mol. The number of methoxy groups -OCH3 is 1. The summed E-state index contributed by atoms with van der Waals surface area (Å²) in [6.07, 6.45) is 5.03. The second-order valence-electron chi connectivity index (χ2n) is 5.15. The van der Waals surface area contributed by atoms with Gasteiger partial charge < -0.3 is 10.1 Å². The standard InChI is InChI=1S/C12H25NO/c1-10(2)8-11(3)13-9-12(14-4)6-5-7-12/h10-11,13H,5-9H2,1-4H3. The van der Waals surface area contributed by atoms with E-state index >= 15 is 0 Å². The Balaban J connectivity index is 2.18. The van der Waals surface area contributed by atoms with Gasteiger partial charge in [0.25, 0.3) is 0 Å². The van der Waals surface area contributed by atoms with Gasteiger partial charge in [0, 0.05) is 19.7 Å². The van der Waals surface area contributed by atoms with Gasteiger partial charge in [-0.05, 0) is 38.5 Å². The fourth-order valence-electron chi connectivity index (χ4n) is 2.17. The second-order valence-corrected chi connectivity index (χ2v) is 5.15. The lowest BCUT2D eigenvalue weighted by atomic mass is 9.80. The van der Waals surface area contributed by atoms with E-state index in [2.05, 4.69) is 26.1 Å². The maximum absolute atomic E-state index is 5.57. The first-order valence-corrected chi connectivity index (χ1v) is 5.86. The molecule has 0 heterocycles. The molecule has 0 aliphatic heterocycles. The lowest BCUT2D eigenvalue weighted by molar-refractivity contribution is -0.0708. The molecule has 1 N–H and O–H groups in total. The molecule has 1 saturated carbocycles. The minimum absolute atomic E-state index is 0.172. The van der Waals surface area contributed by atoms with Crippen molar-refractivity contribution in [3.8, 4) is 0 Å². The van der Waals surface area contributed by atoms with Gasteiger partial charge in [0.15, 0.2) is 0 Å². The summed E-state index contributed by atoms with van der Waals surface area (Å²) >= 11 is 0. The molecule has 0 spiro atoms. The van der Waals surface area contributed by atoms with Crippen LogP contribution in [0.5, 0.6) is 0 Å². The summed E-state index contributed by atoms with van der Waals surface area (Å²) in [5.74, 6) is 0.775. The highest BCUT2D eigenvalue weighted by Gasteiger charge is 2.36. The zero-order valence-corrected chi connectivity index (χ0v) is 10.1. The van der Waals surface area contributed by atoms with Crippen LogP contribution < -0.4 is 5.32 Å². The molecule has 0 radical (unpaired) electrons. The van der Waals surface area contributed by atoms with Crippen LogP contribution in [0, 0.1) is 5.92 Å². The van der Waals surface area contributed by atoms with Crippen LogP contribution >= 0.6 is 0 Å². The Hall–Kier alpha value is -0.0800. The molecule has 1 rings (SSSR count). The van der Waals surface area contributed by atoms with E-state index < -0.39 is 0 Å². The van der Waals surface area contributed by atoms with E-state index in [1.54, 1.807) is 0 Å². The third-order valence-electron chi connectivity index (χ3n) is 3.30. The molecule has 1 fully saturated rings. The third-order valence-corrected chi connectivity index (χ3v) is 3.30. The smallest absolute Gasteiger partial charge is 0.0802 e. The van der Waals surface area contributed by atoms with Crippen LogP contribution in [0.25, 0.3) is 0 Å². The first-order valence-electron chi connectivity index (χ1n) is 5.86. The van der Waals surface area contributed by atoms with Crippen LogP contribution in [0.3, 0.4) is 0 Å². The van der Waals surface area contributed by atoms with Crippen LogP contribution in [0.4, 0.5) is 0 Å². The highest BCUT2D eigenvalue weighted by Crippen LogP contribution is 2.34. The molecule has 0 aromatic carbocycles. The van der Waals surface area contributed by atoms with E-state index in [0.29, 0.717) is 6.04 Å². The molecular weight excluding hydrogens is 174 g/mol. The van der Waals surface area contributed by atoms with Gasteiger partial charge in [-0.3, -0.25) is 0 Å². The van der Waals surface area contributed by atoms with Crippen molar-refractivity contribution in [1.82, 2.24) is 5.32 Å². The van der Waals surface area contributed by atoms with Crippen molar-refractivity contribution < 1.29 is 4.74 Å². The summed E-state index contributed by atoms with van der Waals surface area (Å²) in [6, 6.07) is 0.614. The van der Waals surface area contributed by atoms with Crippen LogP contribution in [-0.2, 0) is 4.74 Å². The monoisotopic (exact) mass is 199 g/mol. The average molecular weight is 199 g/mol. The molecule has 1 unspecified atom stereocenters. The maximum atomic E-state index is 5.57. The van der Waals surface area contributed by atoms with Crippen molar-refractivity contribution in [2.75, 3.05) is 13.7 Å². The topological polar surface area (TPSA) is 21.3 Å². The Morgan fingerprint density at radius 2 is 1.93 bits per heavy atom. The number of hydrogen-bond acceptors (Lipinski definition) is 2. The van der Waals surface area contributed by atoms with Gasteiger partial charge in [-0.25, -0.2) is 0 Å². The van der Waals surface area contributed by atoms with Gasteiger partial charge >= 0.3 is 0 Å². The minimum Gasteiger partial charge on any atom is -0.377 e. The number of ether oxygens (including phenoxy) is 1. The van der Waals surface area contributed by atoms with E-state index in [9.17, 15) is 0 Å². The van der Waals surface area contributed by atoms with Gasteiger partial charge in [-0.15, -0.1) is 0 Å². The average Bonchev–Trinajstić information content (AvgIpc) is 2.01. The Kier molecular flexibility index (Phi) is 4.39. The van der Waals surface area contributed by atoms with E-state index in [1.165, 1.54) is 25.7 Å². The molecule has 2 nitrogen and oxygen atoms in total. The number of rotatable bonds is 6. The van der Waals surface area contributed by atoms with E-state index in [0.717, 1.165) is 12.5 Å². The van der Waals surface area contributed by atoms with Crippen molar-refractivity contribution in [2.24, 2.45) is 5.92 Å². The van der Waals surface area contributed by atoms with Crippen molar-refractivity contribution in [3.05, 3.63) is 0 Å². The summed E-state index contributed by atoms with van der Waals surface area (Å²) in [4.78, 5) is 0. The second kappa shape index (κ2) is 5.13. The number of nitrogens with one attached hydrogen (secondary N) is 1. The fourth-order valence-corrected chi connectivity index (χ4v) is 2.17. The molecule has 84 valence electrons. The SMILES string of the molecule is COC1(CNC(C)CC(C)C)CCC1. The minimum atomic E-state index is 0.172. The van der Waals surface area contributed by atoms with Crippen molar-refractivity contribution in [2.45, 2.75) is 58.1 Å². The summed E-state index contributed by atoms with van der Waals surface area (Å²) in [5.41, 5.74) is 0.172. The van der Waals surface area contributed by atoms with Crippen molar-refractivity contribution in [3.63, 3.8) is 0 Å². The Bertz CT molecular complexity index is 158. The highest BCUT2D eigenvalue weighted by atomic mass is 16.5. The van der Waals surface area contributed by atoms with Crippen LogP contribution in [0.1, 0.15) is 46.5 Å². The molecular formula is C12H25NO. The first kappa shape index (κ1) is 12.0. The van der Waals surface area contributed by atoms with Crippen molar-refractivity contribution >= 4 is 0 Å². The highest BCUT2D eigenvalue weighted by molar-refractivity contribution is 4.92. The zero-order chi connectivity index (χ0) is 10.6. The van der Waals surface area contributed by atoms with Crippen molar-refractivity contribution in [1.29, 1.82) is 0 Å². The lowest BCUT2D eigenvalue weighted by Crippen LogP contribution is -2.50. The third kappa shape index (κ3) is 3.25. The summed E-state index contributed by atoms with van der Waals surface area (Å²) in [6.45, 7) is 7.83. The van der Waals surface area contributed by atoms with Crippen LogP contribution in [0.2, 0.25) is 0 Å². The van der Waals surface area contributed by atoms with Crippen LogP contribution in [0.15, 0.2) is 0 Å². The Morgan fingerprint density at radius 1 is 1.29 bits per heavy atom. The molecule has 2 heteroatoms. The molecule has 14 heavy (non-hydrogen) atoms. The lowest BCUT2D eigenvalue weighted by Gasteiger charge is -2.41. The zero-order valence-electron chi connectivity index (χ0n) is 10.1. The normalized spacial score (nSPS) is 22.1. The summed E-state index contributed by atoms with van der Waals surface area (Å²) in [5, 5.41) is 3.58. The summed E-state index contributed by atoms with van der Waals surface area (Å²) < 4.78 is 5.57. The predicted octanol–water partition coefficient (Wildman–Crippen LogP) is 2.58. The largest absolute Gasteiger partial charge is 0.377 e. The maximum Gasteiger partial charge on any atom is 0.0802 e. The summed E-state index contributed by atoms with van der Waals surface area (Å²) in [7, 11) is 1.84.